The number of hydrogen-bond acceptors (Lipinski definition) is 2. The summed E-state index contributed by atoms with van der Waals surface area (Å²) < 4.78 is 5.33. The monoisotopic (exact) mass is 220 g/mol. The first-order chi connectivity index (χ1) is 7.68. The minimum atomic E-state index is -0.781. The topological polar surface area (TPSA) is 46.5 Å². The Morgan fingerprint density at radius 2 is 2.12 bits per heavy atom. The Balaban J connectivity index is 2.12. The second-order valence-electron chi connectivity index (χ2n) is 4.29. The molecule has 1 aromatic rings. The molecule has 86 valence electrons. The van der Waals surface area contributed by atoms with E-state index in [0.717, 1.165) is 25.2 Å². The predicted molar refractivity (Wildman–Crippen MR) is 60.7 cm³/mol. The molecular formula is C13H16O3. The minimum Gasteiger partial charge on any atom is -0.481 e. The van der Waals surface area contributed by atoms with Gasteiger partial charge in [0, 0.05) is 12.5 Å². The van der Waals surface area contributed by atoms with E-state index in [1.54, 1.807) is 6.92 Å². The smallest absolute Gasteiger partial charge is 0.310 e. The van der Waals surface area contributed by atoms with E-state index in [-0.39, 0.29) is 0 Å². The minimum absolute atomic E-state index is 0.436. The Labute approximate surface area is 95.0 Å². The van der Waals surface area contributed by atoms with Gasteiger partial charge in [0.1, 0.15) is 0 Å². The van der Waals surface area contributed by atoms with Gasteiger partial charge in [-0.3, -0.25) is 4.79 Å². The van der Waals surface area contributed by atoms with Crippen molar-refractivity contribution < 1.29 is 14.6 Å². The lowest BCUT2D eigenvalue weighted by molar-refractivity contribution is -0.138. The van der Waals surface area contributed by atoms with E-state index in [1.165, 1.54) is 5.56 Å². The summed E-state index contributed by atoms with van der Waals surface area (Å²) in [4.78, 5) is 10.8. The summed E-state index contributed by atoms with van der Waals surface area (Å²) in [6.07, 6.45) is 1.06. The van der Waals surface area contributed by atoms with Gasteiger partial charge in [0.2, 0.25) is 0 Å². The number of rotatable bonds is 3. The van der Waals surface area contributed by atoms with Crippen LogP contribution in [0.15, 0.2) is 24.3 Å². The molecule has 0 spiro atoms. The zero-order valence-electron chi connectivity index (χ0n) is 9.35. The fourth-order valence-corrected chi connectivity index (χ4v) is 2.00. The molecule has 2 unspecified atom stereocenters. The molecule has 2 rings (SSSR count). The van der Waals surface area contributed by atoms with Crippen LogP contribution in [-0.2, 0) is 9.53 Å². The molecule has 1 heterocycles. The van der Waals surface area contributed by atoms with Crippen LogP contribution in [0.2, 0.25) is 0 Å². The predicted octanol–water partition coefficient (Wildman–Crippen LogP) is 2.38. The summed E-state index contributed by atoms with van der Waals surface area (Å²) in [6.45, 7) is 3.32. The first-order valence-electron chi connectivity index (χ1n) is 5.59. The molecule has 1 aromatic carbocycles. The van der Waals surface area contributed by atoms with E-state index in [2.05, 4.69) is 0 Å². The van der Waals surface area contributed by atoms with Gasteiger partial charge in [-0.05, 0) is 24.5 Å². The molecule has 0 amide bonds. The molecule has 1 N–H and O–H groups in total. The Morgan fingerprint density at radius 3 is 2.62 bits per heavy atom. The second-order valence-corrected chi connectivity index (χ2v) is 4.29. The molecule has 2 atom stereocenters. The van der Waals surface area contributed by atoms with Gasteiger partial charge in [-0.2, -0.15) is 0 Å². The molecule has 16 heavy (non-hydrogen) atoms. The van der Waals surface area contributed by atoms with Crippen LogP contribution in [0.3, 0.4) is 0 Å². The molecule has 1 aliphatic rings. The maximum atomic E-state index is 10.8. The highest BCUT2D eigenvalue weighted by Gasteiger charge is 2.18. The highest BCUT2D eigenvalue weighted by atomic mass is 16.5. The summed E-state index contributed by atoms with van der Waals surface area (Å²) in [5.74, 6) is -0.736. The largest absolute Gasteiger partial charge is 0.481 e. The van der Waals surface area contributed by atoms with Crippen LogP contribution >= 0.6 is 0 Å². The van der Waals surface area contributed by atoms with Crippen molar-refractivity contribution in [2.45, 2.75) is 25.2 Å². The maximum absolute atomic E-state index is 10.8. The highest BCUT2D eigenvalue weighted by Crippen LogP contribution is 2.26. The van der Waals surface area contributed by atoms with Crippen LogP contribution in [0, 0.1) is 0 Å². The number of carboxylic acids is 1. The van der Waals surface area contributed by atoms with Crippen LogP contribution < -0.4 is 0 Å². The summed E-state index contributed by atoms with van der Waals surface area (Å²) in [5, 5.41) is 8.90. The zero-order valence-corrected chi connectivity index (χ0v) is 9.35. The van der Waals surface area contributed by atoms with Gasteiger partial charge >= 0.3 is 5.97 Å². The third kappa shape index (κ3) is 2.25. The lowest BCUT2D eigenvalue weighted by atomic mass is 9.94. The molecular weight excluding hydrogens is 204 g/mol. The van der Waals surface area contributed by atoms with Crippen molar-refractivity contribution >= 4 is 5.97 Å². The molecule has 0 radical (unpaired) electrons. The third-order valence-corrected chi connectivity index (χ3v) is 3.21. The molecule has 3 heteroatoms. The average molecular weight is 220 g/mol. The number of hydrogen-bond donors (Lipinski definition) is 1. The third-order valence-electron chi connectivity index (χ3n) is 3.21. The van der Waals surface area contributed by atoms with E-state index in [9.17, 15) is 4.79 Å². The quantitative estimate of drug-likeness (QED) is 0.850. The number of aliphatic carboxylic acids is 1. The van der Waals surface area contributed by atoms with Crippen molar-refractivity contribution in [2.24, 2.45) is 0 Å². The molecule has 3 nitrogen and oxygen atoms in total. The first kappa shape index (κ1) is 11.1. The van der Waals surface area contributed by atoms with Crippen molar-refractivity contribution in [3.05, 3.63) is 35.4 Å². The maximum Gasteiger partial charge on any atom is 0.310 e. The van der Waals surface area contributed by atoms with Gasteiger partial charge < -0.3 is 9.84 Å². The first-order valence-corrected chi connectivity index (χ1v) is 5.59. The summed E-state index contributed by atoms with van der Waals surface area (Å²) in [7, 11) is 0. The van der Waals surface area contributed by atoms with E-state index >= 15 is 0 Å². The Bertz CT molecular complexity index is 363. The molecule has 1 saturated heterocycles. The van der Waals surface area contributed by atoms with E-state index in [1.807, 2.05) is 24.3 Å². The van der Waals surface area contributed by atoms with E-state index in [4.69, 9.17) is 9.84 Å². The van der Waals surface area contributed by atoms with Gasteiger partial charge in [-0.15, -0.1) is 0 Å². The van der Waals surface area contributed by atoms with Crippen LogP contribution in [0.5, 0.6) is 0 Å². The van der Waals surface area contributed by atoms with Crippen molar-refractivity contribution in [3.8, 4) is 0 Å². The summed E-state index contributed by atoms with van der Waals surface area (Å²) in [6, 6.07) is 7.86. The lowest BCUT2D eigenvalue weighted by Gasteiger charge is -2.10. The van der Waals surface area contributed by atoms with Crippen molar-refractivity contribution in [3.63, 3.8) is 0 Å². The van der Waals surface area contributed by atoms with Crippen molar-refractivity contribution in [1.29, 1.82) is 0 Å². The second kappa shape index (κ2) is 4.66. The number of ether oxygens (including phenoxy) is 1. The molecule has 1 fully saturated rings. The normalized spacial score (nSPS) is 21.9. The Morgan fingerprint density at radius 1 is 1.44 bits per heavy atom. The fraction of sp³-hybridized carbons (Fsp3) is 0.462. The highest BCUT2D eigenvalue weighted by molar-refractivity contribution is 5.75. The SMILES string of the molecule is CC(C(=O)O)c1ccc(C2CCOC2)cc1. The Kier molecular flexibility index (Phi) is 3.25. The standard InChI is InChI=1S/C13H16O3/c1-9(13(14)15)10-2-4-11(5-3-10)12-6-7-16-8-12/h2-5,9,12H,6-8H2,1H3,(H,14,15). The lowest BCUT2D eigenvalue weighted by Crippen LogP contribution is -2.07. The van der Waals surface area contributed by atoms with Gasteiger partial charge in [0.15, 0.2) is 0 Å². The van der Waals surface area contributed by atoms with Crippen LogP contribution in [-0.4, -0.2) is 24.3 Å². The van der Waals surface area contributed by atoms with Crippen molar-refractivity contribution in [1.82, 2.24) is 0 Å². The van der Waals surface area contributed by atoms with Gasteiger partial charge in [0.05, 0.1) is 12.5 Å². The van der Waals surface area contributed by atoms with Gasteiger partial charge in [-0.1, -0.05) is 24.3 Å². The zero-order chi connectivity index (χ0) is 11.5. The van der Waals surface area contributed by atoms with Crippen molar-refractivity contribution in [2.75, 3.05) is 13.2 Å². The van der Waals surface area contributed by atoms with Crippen LogP contribution in [0.25, 0.3) is 0 Å². The number of carboxylic acid groups (broad SMARTS) is 1. The molecule has 0 saturated carbocycles. The average Bonchev–Trinajstić information content (AvgIpc) is 2.81. The number of benzene rings is 1. The molecule has 0 aliphatic carbocycles. The fourth-order valence-electron chi connectivity index (χ4n) is 2.00. The number of carbonyl (C=O) groups is 1. The molecule has 0 bridgehead atoms. The van der Waals surface area contributed by atoms with Gasteiger partial charge in [-0.25, -0.2) is 0 Å². The van der Waals surface area contributed by atoms with Crippen LogP contribution in [0.1, 0.15) is 36.3 Å². The molecule has 1 aliphatic heterocycles. The van der Waals surface area contributed by atoms with Crippen LogP contribution in [0.4, 0.5) is 0 Å². The Hall–Kier alpha value is -1.35. The van der Waals surface area contributed by atoms with Gasteiger partial charge in [0.25, 0.3) is 0 Å². The molecule has 0 aromatic heterocycles. The van der Waals surface area contributed by atoms with E-state index in [0.29, 0.717) is 5.92 Å². The summed E-state index contributed by atoms with van der Waals surface area (Å²) in [5.41, 5.74) is 2.11. The summed E-state index contributed by atoms with van der Waals surface area (Å²) >= 11 is 0. The van der Waals surface area contributed by atoms with E-state index < -0.39 is 11.9 Å².